The van der Waals surface area contributed by atoms with Gasteiger partial charge in [0.15, 0.2) is 5.78 Å². The average molecular weight is 514 g/mol. The van der Waals surface area contributed by atoms with Gasteiger partial charge in [-0.2, -0.15) is 4.98 Å². The number of benzene rings is 2. The number of anilines is 4. The molecule has 1 aliphatic carbocycles. The number of ketones is 1. The summed E-state index contributed by atoms with van der Waals surface area (Å²) in [6.07, 6.45) is 2.55. The summed E-state index contributed by atoms with van der Waals surface area (Å²) >= 11 is 0. The quantitative estimate of drug-likeness (QED) is 0.377. The number of ether oxygens (including phenoxy) is 1. The van der Waals surface area contributed by atoms with E-state index >= 15 is 0 Å². The summed E-state index contributed by atoms with van der Waals surface area (Å²) in [7, 11) is 1.62. The summed E-state index contributed by atoms with van der Waals surface area (Å²) < 4.78 is 25.2. The van der Waals surface area contributed by atoms with Crippen LogP contribution < -0.4 is 19.9 Å². The lowest BCUT2D eigenvalue weighted by Gasteiger charge is -2.36. The van der Waals surface area contributed by atoms with Gasteiger partial charge >= 0.3 is 0 Å². The monoisotopic (exact) mass is 513 g/mol. The minimum absolute atomic E-state index is 0.0143. The van der Waals surface area contributed by atoms with Crippen molar-refractivity contribution in [2.75, 3.05) is 48.4 Å². The van der Waals surface area contributed by atoms with Crippen molar-refractivity contribution in [3.05, 3.63) is 89.8 Å². The molecule has 8 nitrogen and oxygen atoms in total. The average Bonchev–Trinajstić information content (AvgIpc) is 3.49. The number of aromatic nitrogens is 2. The first-order valence-corrected chi connectivity index (χ1v) is 12.7. The van der Waals surface area contributed by atoms with Crippen LogP contribution in [0.15, 0.2) is 71.3 Å². The molecule has 2 aliphatic rings. The van der Waals surface area contributed by atoms with E-state index in [2.05, 4.69) is 10.2 Å². The molecule has 1 saturated heterocycles. The van der Waals surface area contributed by atoms with E-state index in [-0.39, 0.29) is 17.5 Å². The summed E-state index contributed by atoms with van der Waals surface area (Å²) in [6, 6.07) is 18.1. The van der Waals surface area contributed by atoms with Gasteiger partial charge in [-0.25, -0.2) is 9.37 Å². The molecule has 3 heterocycles. The molecule has 1 atom stereocenters. The third-order valence-electron chi connectivity index (χ3n) is 7.18. The predicted molar refractivity (Wildman–Crippen MR) is 143 cm³/mol. The molecule has 0 spiro atoms. The Morgan fingerprint density at radius 1 is 0.947 bits per heavy atom. The van der Waals surface area contributed by atoms with Crippen LogP contribution in [0.5, 0.6) is 5.75 Å². The molecule has 0 radical (unpaired) electrons. The molecule has 2 aromatic heterocycles. The lowest BCUT2D eigenvalue weighted by Crippen LogP contribution is -2.47. The van der Waals surface area contributed by atoms with Gasteiger partial charge in [0.25, 0.3) is 0 Å². The molecule has 1 aliphatic heterocycles. The molecule has 0 bridgehead atoms. The fraction of sp³-hybridized carbons (Fsp3) is 0.276. The van der Waals surface area contributed by atoms with E-state index in [0.717, 1.165) is 17.2 Å². The van der Waals surface area contributed by atoms with Crippen molar-refractivity contribution >= 4 is 28.9 Å². The Morgan fingerprint density at radius 3 is 2.42 bits per heavy atom. The Bertz CT molecular complexity index is 1430. The molecule has 0 amide bonds. The maximum absolute atomic E-state index is 14.3. The maximum Gasteiger partial charge on any atom is 0.227 e. The standard InChI is InChI=1S/C29H28FN5O3/c1-37-21-10-8-20(9-11-21)31-28-27-23(17-19(18-25(27)36)26-7-4-16-38-26)32-29(33-28)35-14-12-34(13-15-35)24-6-3-2-5-22(24)30/h2-11,16,19H,12-15,17-18H2,1H3,(H,31,32,33). The summed E-state index contributed by atoms with van der Waals surface area (Å²) in [5.74, 6) is 2.27. The lowest BCUT2D eigenvalue weighted by molar-refractivity contribution is 0.0959. The van der Waals surface area contributed by atoms with Gasteiger partial charge in [0, 0.05) is 50.6 Å². The molecule has 1 fully saturated rings. The molecule has 194 valence electrons. The van der Waals surface area contributed by atoms with E-state index in [1.54, 1.807) is 25.5 Å². The number of fused-ring (bicyclic) bond motifs is 1. The van der Waals surface area contributed by atoms with Crippen LogP contribution in [0.2, 0.25) is 0 Å². The molecular formula is C29H28FN5O3. The van der Waals surface area contributed by atoms with E-state index in [9.17, 15) is 9.18 Å². The maximum atomic E-state index is 14.3. The summed E-state index contributed by atoms with van der Waals surface area (Å²) in [5, 5.41) is 3.35. The highest BCUT2D eigenvalue weighted by Crippen LogP contribution is 2.37. The van der Waals surface area contributed by atoms with Gasteiger partial charge in [-0.15, -0.1) is 0 Å². The second-order valence-corrected chi connectivity index (χ2v) is 9.52. The number of carbonyl (C=O) groups excluding carboxylic acids is 1. The number of nitrogens with zero attached hydrogens (tertiary/aromatic N) is 4. The van der Waals surface area contributed by atoms with Crippen LogP contribution >= 0.6 is 0 Å². The Hall–Kier alpha value is -4.40. The van der Waals surface area contributed by atoms with Crippen molar-refractivity contribution < 1.29 is 18.3 Å². The van der Waals surface area contributed by atoms with Crippen LogP contribution in [0.1, 0.15) is 34.2 Å². The zero-order valence-corrected chi connectivity index (χ0v) is 21.1. The molecule has 1 N–H and O–H groups in total. The normalized spacial score (nSPS) is 17.3. The minimum atomic E-state index is -0.223. The zero-order chi connectivity index (χ0) is 26.1. The Balaban J connectivity index is 1.31. The summed E-state index contributed by atoms with van der Waals surface area (Å²) in [6.45, 7) is 2.53. The Morgan fingerprint density at radius 2 is 1.71 bits per heavy atom. The second kappa shape index (κ2) is 10.2. The van der Waals surface area contributed by atoms with Gasteiger partial charge in [0.05, 0.1) is 30.3 Å². The molecular weight excluding hydrogens is 485 g/mol. The van der Waals surface area contributed by atoms with Crippen LogP contribution in [0.4, 0.5) is 27.5 Å². The highest BCUT2D eigenvalue weighted by Gasteiger charge is 2.33. The number of methoxy groups -OCH3 is 1. The van der Waals surface area contributed by atoms with E-state index in [1.165, 1.54) is 6.07 Å². The fourth-order valence-corrected chi connectivity index (χ4v) is 5.19. The van der Waals surface area contributed by atoms with Crippen LogP contribution in [0, 0.1) is 5.82 Å². The fourth-order valence-electron chi connectivity index (χ4n) is 5.19. The van der Waals surface area contributed by atoms with Gasteiger partial charge in [0.1, 0.15) is 23.1 Å². The number of piperazine rings is 1. The number of para-hydroxylation sites is 1. The summed E-state index contributed by atoms with van der Waals surface area (Å²) in [5.41, 5.74) is 2.63. The van der Waals surface area contributed by atoms with Crippen molar-refractivity contribution in [2.24, 2.45) is 0 Å². The van der Waals surface area contributed by atoms with Crippen molar-refractivity contribution in [2.45, 2.75) is 18.8 Å². The zero-order valence-electron chi connectivity index (χ0n) is 21.1. The molecule has 6 rings (SSSR count). The van der Waals surface area contributed by atoms with Gasteiger partial charge in [-0.05, 0) is 48.5 Å². The van der Waals surface area contributed by atoms with Gasteiger partial charge in [0.2, 0.25) is 5.95 Å². The van der Waals surface area contributed by atoms with Crippen molar-refractivity contribution in [3.8, 4) is 5.75 Å². The molecule has 38 heavy (non-hydrogen) atoms. The first kappa shape index (κ1) is 24.0. The van der Waals surface area contributed by atoms with Crippen LogP contribution in [-0.4, -0.2) is 49.0 Å². The molecule has 2 aromatic carbocycles. The van der Waals surface area contributed by atoms with Gasteiger partial charge in [-0.1, -0.05) is 12.1 Å². The Kier molecular flexibility index (Phi) is 6.41. The highest BCUT2D eigenvalue weighted by molar-refractivity contribution is 6.03. The number of hydrogen-bond donors (Lipinski definition) is 1. The highest BCUT2D eigenvalue weighted by atomic mass is 19.1. The largest absolute Gasteiger partial charge is 0.497 e. The second-order valence-electron chi connectivity index (χ2n) is 9.52. The molecule has 1 unspecified atom stereocenters. The first-order chi connectivity index (χ1) is 18.6. The van der Waals surface area contributed by atoms with Crippen molar-refractivity contribution in [1.29, 1.82) is 0 Å². The SMILES string of the molecule is COc1ccc(Nc2nc(N3CCN(c4ccccc4F)CC3)nc3c2C(=O)CC(c2ccco2)C3)cc1. The smallest absolute Gasteiger partial charge is 0.227 e. The van der Waals surface area contributed by atoms with E-state index in [1.807, 2.05) is 47.4 Å². The van der Waals surface area contributed by atoms with Crippen LogP contribution in [-0.2, 0) is 6.42 Å². The molecule has 9 heteroatoms. The minimum Gasteiger partial charge on any atom is -0.497 e. The number of rotatable bonds is 6. The van der Waals surface area contributed by atoms with Crippen molar-refractivity contribution in [1.82, 2.24) is 9.97 Å². The lowest BCUT2D eigenvalue weighted by atomic mass is 9.84. The van der Waals surface area contributed by atoms with Crippen LogP contribution in [0.25, 0.3) is 0 Å². The Labute approximate surface area is 220 Å². The summed E-state index contributed by atoms with van der Waals surface area (Å²) in [4.78, 5) is 27.2. The van der Waals surface area contributed by atoms with Crippen molar-refractivity contribution in [3.63, 3.8) is 0 Å². The third-order valence-corrected chi connectivity index (χ3v) is 7.18. The van der Waals surface area contributed by atoms with Gasteiger partial charge < -0.3 is 24.3 Å². The van der Waals surface area contributed by atoms with E-state index in [0.29, 0.717) is 67.7 Å². The van der Waals surface area contributed by atoms with E-state index in [4.69, 9.17) is 19.1 Å². The number of hydrogen-bond acceptors (Lipinski definition) is 8. The van der Waals surface area contributed by atoms with Gasteiger partial charge in [-0.3, -0.25) is 4.79 Å². The predicted octanol–water partition coefficient (Wildman–Crippen LogP) is 5.20. The molecule has 4 aromatic rings. The van der Waals surface area contributed by atoms with Crippen LogP contribution in [0.3, 0.4) is 0 Å². The number of carbonyl (C=O) groups is 1. The topological polar surface area (TPSA) is 83.7 Å². The number of furan rings is 1. The number of Topliss-reactive ketones (excluding diaryl/α,β-unsaturated/α-hetero) is 1. The number of halogens is 1. The molecule has 0 saturated carbocycles. The van der Waals surface area contributed by atoms with E-state index < -0.39 is 0 Å². The first-order valence-electron chi connectivity index (χ1n) is 12.7. The number of nitrogens with one attached hydrogen (secondary N) is 1. The third kappa shape index (κ3) is 4.67.